The van der Waals surface area contributed by atoms with Crippen molar-refractivity contribution >= 4 is 18.4 Å². The maximum Gasteiger partial charge on any atom is 4.00 e. The van der Waals surface area contributed by atoms with Crippen LogP contribution in [0, 0.1) is 48.1 Å². The number of hydrogen-bond donors (Lipinski definition) is 0. The van der Waals surface area contributed by atoms with Crippen molar-refractivity contribution in [3.8, 4) is 0 Å². The Bertz CT molecular complexity index is 918. The van der Waals surface area contributed by atoms with E-state index in [9.17, 15) is 0 Å². The predicted molar refractivity (Wildman–Crippen MR) is 145 cm³/mol. The van der Waals surface area contributed by atoms with Gasteiger partial charge in [0.2, 0.25) is 0 Å². The normalized spacial score (nSPS) is 19.1. The predicted octanol–water partition coefficient (Wildman–Crippen LogP) is 7.73. The largest absolute Gasteiger partial charge is 4.00 e. The van der Waals surface area contributed by atoms with Gasteiger partial charge in [-0.1, -0.05) is 110 Å². The molecule has 2 unspecified atom stereocenters. The summed E-state index contributed by atoms with van der Waals surface area (Å²) >= 11 is 0. The molecule has 0 spiro atoms. The minimum atomic E-state index is -2.20. The number of benzene rings is 2. The fourth-order valence-corrected chi connectivity index (χ4v) is 11.9. The molecule has 0 nitrogen and oxygen atoms in total. The van der Waals surface area contributed by atoms with Gasteiger partial charge >= 0.3 is 21.7 Å². The first-order valence-electron chi connectivity index (χ1n) is 10.6. The van der Waals surface area contributed by atoms with Gasteiger partial charge in [-0.3, -0.25) is 6.08 Å². The molecule has 0 aromatic heterocycles. The molecule has 0 bridgehead atoms. The van der Waals surface area contributed by atoms with E-state index < -0.39 is 8.07 Å². The van der Waals surface area contributed by atoms with Crippen LogP contribution in [0.25, 0.3) is 0 Å². The Morgan fingerprint density at radius 1 is 0.812 bits per heavy atom. The van der Waals surface area contributed by atoms with Crippen LogP contribution in [0.5, 0.6) is 0 Å². The van der Waals surface area contributed by atoms with Gasteiger partial charge in [0.1, 0.15) is 8.07 Å². The quantitative estimate of drug-likeness (QED) is 0.303. The number of hydrogen-bond acceptors (Lipinski definition) is 0. The Balaban J connectivity index is 0. The molecule has 1 aliphatic carbocycles. The van der Waals surface area contributed by atoms with E-state index in [1.54, 1.807) is 5.19 Å². The van der Waals surface area contributed by atoms with Crippen LogP contribution in [0.2, 0.25) is 11.1 Å². The van der Waals surface area contributed by atoms with Gasteiger partial charge in [-0.05, 0) is 25.8 Å². The Morgan fingerprint density at radius 2 is 1.31 bits per heavy atom. The Kier molecular flexibility index (Phi) is 12.7. The third-order valence-corrected chi connectivity index (χ3v) is 13.1. The molecule has 2 atom stereocenters. The molecule has 2 aromatic rings. The van der Waals surface area contributed by atoms with E-state index in [2.05, 4.69) is 110 Å². The third kappa shape index (κ3) is 5.49. The molecule has 172 valence electrons. The van der Waals surface area contributed by atoms with Crippen LogP contribution in [0.1, 0.15) is 52.7 Å². The van der Waals surface area contributed by atoms with Crippen molar-refractivity contribution in [1.82, 2.24) is 0 Å². The molecule has 0 amide bonds. The molecule has 0 saturated heterocycles. The van der Waals surface area contributed by atoms with Crippen LogP contribution < -0.4 is 10.4 Å². The standard InChI is InChI=1S/C27H35Si.3CH3.Ti/c1-19(2)18-28(25-12-10-9-11-13-25,26-15-20(3)14-21(4)16-26)27(8)17-22(5)23(6)24(27)7;;;;/h9-16,19H,18H2,1-8H3;3*1H3;/q4*-1;+4. The molecule has 1 aliphatic rings. The maximum absolute atomic E-state index is 4.02. The third-order valence-electron chi connectivity index (χ3n) is 6.86. The molecule has 0 N–H and O–H groups in total. The second-order valence-electron chi connectivity index (χ2n) is 9.37. The average molecular weight is 481 g/mol. The second-order valence-corrected chi connectivity index (χ2v) is 13.7. The van der Waals surface area contributed by atoms with E-state index in [-0.39, 0.29) is 49.0 Å². The Labute approximate surface area is 216 Å². The van der Waals surface area contributed by atoms with Gasteiger partial charge in [0.15, 0.2) is 0 Å². The second kappa shape index (κ2) is 12.4. The molecular formula is C30H44SiTi. The van der Waals surface area contributed by atoms with Crippen LogP contribution in [0.3, 0.4) is 0 Å². The fourth-order valence-electron chi connectivity index (χ4n) is 5.39. The number of allylic oxidation sites excluding steroid dienone is 4. The molecule has 0 fully saturated rings. The summed E-state index contributed by atoms with van der Waals surface area (Å²) in [5.74, 6) is 0.625. The van der Waals surface area contributed by atoms with Crippen LogP contribution in [-0.4, -0.2) is 8.07 Å². The summed E-state index contributed by atoms with van der Waals surface area (Å²) in [6, 6.07) is 19.8. The van der Waals surface area contributed by atoms with Gasteiger partial charge in [0.25, 0.3) is 0 Å². The van der Waals surface area contributed by atoms with Gasteiger partial charge in [-0.15, -0.1) is 6.92 Å². The average Bonchev–Trinajstić information content (AvgIpc) is 2.83. The number of aryl methyl sites for hydroxylation is 2. The molecule has 0 heterocycles. The minimum absolute atomic E-state index is 0. The molecule has 3 rings (SSSR count). The van der Waals surface area contributed by atoms with Gasteiger partial charge in [0.05, 0.1) is 0 Å². The van der Waals surface area contributed by atoms with Crippen molar-refractivity contribution < 1.29 is 21.7 Å². The summed E-state index contributed by atoms with van der Waals surface area (Å²) in [5, 5.41) is 3.06. The van der Waals surface area contributed by atoms with E-state index in [0.717, 1.165) is 0 Å². The van der Waals surface area contributed by atoms with Crippen molar-refractivity contribution in [2.45, 2.75) is 66.5 Å². The van der Waals surface area contributed by atoms with Crippen LogP contribution in [0.4, 0.5) is 0 Å². The molecular weight excluding hydrogens is 436 g/mol. The van der Waals surface area contributed by atoms with Crippen LogP contribution >= 0.6 is 0 Å². The van der Waals surface area contributed by atoms with E-state index in [1.165, 1.54) is 39.1 Å². The zero-order valence-corrected chi connectivity index (χ0v) is 25.0. The minimum Gasteiger partial charge on any atom is -0.358 e. The molecule has 2 heteroatoms. The molecule has 0 aliphatic heterocycles. The summed E-state index contributed by atoms with van der Waals surface area (Å²) in [5.41, 5.74) is 7.02. The van der Waals surface area contributed by atoms with Gasteiger partial charge in [0, 0.05) is 0 Å². The molecule has 0 radical (unpaired) electrons. The Hall–Kier alpha value is -1.15. The van der Waals surface area contributed by atoms with Gasteiger partial charge < -0.3 is 22.3 Å². The first-order chi connectivity index (χ1) is 13.1. The van der Waals surface area contributed by atoms with Gasteiger partial charge in [-0.25, -0.2) is 5.57 Å². The van der Waals surface area contributed by atoms with Crippen molar-refractivity contribution in [2.75, 3.05) is 0 Å². The zero-order valence-electron chi connectivity index (χ0n) is 22.4. The maximum atomic E-state index is 4.02. The summed E-state index contributed by atoms with van der Waals surface area (Å²) in [6.45, 7) is 18.6. The summed E-state index contributed by atoms with van der Waals surface area (Å²) in [4.78, 5) is 0. The first kappa shape index (κ1) is 33.0. The molecule has 2 aromatic carbocycles. The van der Waals surface area contributed by atoms with Crippen LogP contribution in [0.15, 0.2) is 65.3 Å². The number of rotatable bonds is 5. The SMILES string of the molecule is CC1=[C-]C(C)([Si](CC(C)C)(c2ccccc2)c2cc(C)cc(C)c2)C(C)=C1C.[CH3-].[CH3-].[CH3-].[Ti+4]. The zero-order chi connectivity index (χ0) is 20.7. The molecule has 0 saturated carbocycles. The summed E-state index contributed by atoms with van der Waals surface area (Å²) < 4.78 is 0. The summed E-state index contributed by atoms with van der Waals surface area (Å²) in [7, 11) is -2.20. The topological polar surface area (TPSA) is 0 Å². The smallest absolute Gasteiger partial charge is 0.358 e. The van der Waals surface area contributed by atoms with Crippen molar-refractivity contribution in [1.29, 1.82) is 0 Å². The van der Waals surface area contributed by atoms with Crippen molar-refractivity contribution in [3.63, 3.8) is 0 Å². The fraction of sp³-hybridized carbons (Fsp3) is 0.367. The van der Waals surface area contributed by atoms with Gasteiger partial charge in [-0.2, -0.15) is 11.1 Å². The van der Waals surface area contributed by atoms with E-state index >= 15 is 0 Å². The van der Waals surface area contributed by atoms with Crippen LogP contribution in [-0.2, 0) is 21.7 Å². The van der Waals surface area contributed by atoms with E-state index in [4.69, 9.17) is 0 Å². The summed E-state index contributed by atoms with van der Waals surface area (Å²) in [6.07, 6.45) is 4.02. The molecule has 32 heavy (non-hydrogen) atoms. The van der Waals surface area contributed by atoms with E-state index in [1.807, 2.05) is 0 Å². The van der Waals surface area contributed by atoms with Crippen molar-refractivity contribution in [3.05, 3.63) is 105 Å². The monoisotopic (exact) mass is 480 g/mol. The van der Waals surface area contributed by atoms with E-state index in [0.29, 0.717) is 5.92 Å². The first-order valence-corrected chi connectivity index (χ1v) is 12.8. The Morgan fingerprint density at radius 3 is 1.72 bits per heavy atom. The van der Waals surface area contributed by atoms with Crippen molar-refractivity contribution in [2.24, 2.45) is 5.92 Å².